The predicted molar refractivity (Wildman–Crippen MR) is 98.7 cm³/mol. The van der Waals surface area contributed by atoms with Crippen LogP contribution in [0.4, 0.5) is 0 Å². The van der Waals surface area contributed by atoms with Crippen LogP contribution in [0.2, 0.25) is 0 Å². The second-order valence-corrected chi connectivity index (χ2v) is 7.35. The average Bonchev–Trinajstić information content (AvgIpc) is 3.08. The van der Waals surface area contributed by atoms with Crippen LogP contribution in [0.25, 0.3) is 0 Å². The van der Waals surface area contributed by atoms with Crippen molar-refractivity contribution < 1.29 is 4.74 Å². The van der Waals surface area contributed by atoms with Gasteiger partial charge in [0.1, 0.15) is 5.75 Å². The Morgan fingerprint density at radius 1 is 1.26 bits per heavy atom. The van der Waals surface area contributed by atoms with Crippen LogP contribution in [0.3, 0.4) is 0 Å². The lowest BCUT2D eigenvalue weighted by molar-refractivity contribution is 0.303. The Morgan fingerprint density at radius 3 is 3.04 bits per heavy atom. The smallest absolute Gasteiger partial charge is 0.122 e. The van der Waals surface area contributed by atoms with E-state index in [9.17, 15) is 0 Å². The first-order valence-corrected chi connectivity index (χ1v) is 9.74. The Labute approximate surface area is 143 Å². The van der Waals surface area contributed by atoms with Crippen molar-refractivity contribution in [2.45, 2.75) is 51.5 Å². The number of hydrogen-bond donors (Lipinski definition) is 1. The summed E-state index contributed by atoms with van der Waals surface area (Å²) in [6, 6.07) is 11.5. The highest BCUT2D eigenvalue weighted by molar-refractivity contribution is 7.09. The van der Waals surface area contributed by atoms with E-state index >= 15 is 0 Å². The topological polar surface area (TPSA) is 21.3 Å². The van der Waals surface area contributed by atoms with Crippen molar-refractivity contribution in [1.29, 1.82) is 0 Å². The summed E-state index contributed by atoms with van der Waals surface area (Å²) < 4.78 is 5.99. The number of thiophene rings is 1. The van der Waals surface area contributed by atoms with Gasteiger partial charge in [-0.3, -0.25) is 0 Å². The van der Waals surface area contributed by atoms with E-state index in [-0.39, 0.29) is 0 Å². The van der Waals surface area contributed by atoms with Crippen molar-refractivity contribution in [3.05, 3.63) is 51.7 Å². The summed E-state index contributed by atoms with van der Waals surface area (Å²) >= 11 is 1.85. The Balaban J connectivity index is 1.52. The highest BCUT2D eigenvalue weighted by atomic mass is 32.1. The van der Waals surface area contributed by atoms with Crippen molar-refractivity contribution in [3.63, 3.8) is 0 Å². The van der Waals surface area contributed by atoms with Crippen LogP contribution in [-0.2, 0) is 19.3 Å². The Hall–Kier alpha value is -1.32. The summed E-state index contributed by atoms with van der Waals surface area (Å²) in [7, 11) is 0. The quantitative estimate of drug-likeness (QED) is 0.714. The minimum atomic E-state index is 0.605. The molecule has 1 heterocycles. The molecule has 1 atom stereocenters. The zero-order valence-electron chi connectivity index (χ0n) is 14.0. The molecule has 1 aromatic heterocycles. The molecular weight excluding hydrogens is 302 g/mol. The molecule has 124 valence electrons. The molecule has 0 saturated carbocycles. The van der Waals surface area contributed by atoms with Crippen molar-refractivity contribution in [3.8, 4) is 5.75 Å². The lowest BCUT2D eigenvalue weighted by Crippen LogP contribution is -2.35. The maximum absolute atomic E-state index is 5.99. The largest absolute Gasteiger partial charge is 0.493 e. The summed E-state index contributed by atoms with van der Waals surface area (Å²) in [4.78, 5) is 1.47. The molecule has 0 amide bonds. The van der Waals surface area contributed by atoms with Gasteiger partial charge in [-0.2, -0.15) is 0 Å². The average molecular weight is 330 g/mol. The van der Waals surface area contributed by atoms with E-state index in [1.165, 1.54) is 28.8 Å². The third-order valence-electron chi connectivity index (χ3n) is 4.58. The van der Waals surface area contributed by atoms with Crippen LogP contribution in [0.5, 0.6) is 5.75 Å². The minimum absolute atomic E-state index is 0.605. The first-order valence-electron chi connectivity index (χ1n) is 8.86. The molecule has 1 aliphatic carbocycles. The fourth-order valence-corrected chi connectivity index (χ4v) is 3.97. The summed E-state index contributed by atoms with van der Waals surface area (Å²) in [6.07, 6.45) is 6.94. The summed E-state index contributed by atoms with van der Waals surface area (Å²) in [5, 5.41) is 5.90. The Bertz CT molecular complexity index is 594. The number of rotatable bonds is 8. The van der Waals surface area contributed by atoms with Gasteiger partial charge in [-0.25, -0.2) is 0 Å². The van der Waals surface area contributed by atoms with E-state index in [0.29, 0.717) is 6.04 Å². The number of nitrogens with one attached hydrogen (secondary N) is 1. The van der Waals surface area contributed by atoms with Gasteiger partial charge in [0, 0.05) is 17.5 Å². The van der Waals surface area contributed by atoms with Crippen LogP contribution in [0.1, 0.15) is 42.2 Å². The number of unbranched alkanes of at least 4 members (excludes halogenated alkanes) is 1. The van der Waals surface area contributed by atoms with E-state index in [1.807, 2.05) is 11.3 Å². The van der Waals surface area contributed by atoms with Crippen LogP contribution in [-0.4, -0.2) is 19.2 Å². The lowest BCUT2D eigenvalue weighted by atomic mass is 9.87. The van der Waals surface area contributed by atoms with Crippen LogP contribution in [0.15, 0.2) is 35.7 Å². The van der Waals surface area contributed by atoms with E-state index in [0.717, 1.165) is 44.6 Å². The Kier molecular flexibility index (Phi) is 6.12. The van der Waals surface area contributed by atoms with E-state index in [1.54, 1.807) is 0 Å². The molecule has 1 aliphatic rings. The fraction of sp³-hybridized carbons (Fsp3) is 0.500. The number of fused-ring (bicyclic) bond motifs is 1. The highest BCUT2D eigenvalue weighted by Gasteiger charge is 2.20. The van der Waals surface area contributed by atoms with Crippen molar-refractivity contribution in [2.75, 3.05) is 13.2 Å². The van der Waals surface area contributed by atoms with E-state index in [4.69, 9.17) is 4.74 Å². The number of ether oxygens (including phenoxy) is 1. The summed E-state index contributed by atoms with van der Waals surface area (Å²) in [6.45, 7) is 4.12. The molecule has 0 unspecified atom stereocenters. The van der Waals surface area contributed by atoms with Gasteiger partial charge < -0.3 is 10.1 Å². The molecule has 0 radical (unpaired) electrons. The third-order valence-corrected chi connectivity index (χ3v) is 5.52. The molecule has 0 bridgehead atoms. The molecule has 0 fully saturated rings. The van der Waals surface area contributed by atoms with Gasteiger partial charge in [-0.15, -0.1) is 11.3 Å². The van der Waals surface area contributed by atoms with Crippen LogP contribution < -0.4 is 10.1 Å². The second-order valence-electron chi connectivity index (χ2n) is 6.32. The van der Waals surface area contributed by atoms with Crippen molar-refractivity contribution >= 4 is 11.3 Å². The molecular formula is C20H27NOS. The van der Waals surface area contributed by atoms with Crippen molar-refractivity contribution in [2.24, 2.45) is 0 Å². The van der Waals surface area contributed by atoms with Gasteiger partial charge >= 0.3 is 0 Å². The van der Waals surface area contributed by atoms with Gasteiger partial charge in [0.2, 0.25) is 0 Å². The SMILES string of the molecule is CCCCOc1cccc2c1CC[C@H](NCCc1cccs1)C2. The predicted octanol–water partition coefficient (Wildman–Crippen LogP) is 4.62. The Morgan fingerprint density at radius 2 is 2.22 bits per heavy atom. The van der Waals surface area contributed by atoms with Crippen molar-refractivity contribution in [1.82, 2.24) is 5.32 Å². The maximum Gasteiger partial charge on any atom is 0.122 e. The molecule has 0 spiro atoms. The summed E-state index contributed by atoms with van der Waals surface area (Å²) in [5.74, 6) is 1.12. The van der Waals surface area contributed by atoms with Gasteiger partial charge in [0.15, 0.2) is 0 Å². The molecule has 1 N–H and O–H groups in total. The first-order chi connectivity index (χ1) is 11.4. The van der Waals surface area contributed by atoms with Crippen LogP contribution in [0, 0.1) is 0 Å². The zero-order valence-corrected chi connectivity index (χ0v) is 14.8. The normalized spacial score (nSPS) is 17.0. The molecule has 3 rings (SSSR count). The first kappa shape index (κ1) is 16.5. The molecule has 23 heavy (non-hydrogen) atoms. The van der Waals surface area contributed by atoms with Crippen LogP contribution >= 0.6 is 11.3 Å². The molecule has 2 aromatic rings. The molecule has 3 heteroatoms. The molecule has 0 aliphatic heterocycles. The zero-order chi connectivity index (χ0) is 15.9. The molecule has 0 saturated heterocycles. The standard InChI is InChI=1S/C20H27NOS/c1-2-3-13-22-20-8-4-6-16-15-17(9-10-19(16)20)21-12-11-18-7-5-14-23-18/h4-8,14,17,21H,2-3,9-13,15H2,1H3/t17-/m0/s1. The van der Waals surface area contributed by atoms with Gasteiger partial charge in [-0.05, 0) is 60.7 Å². The van der Waals surface area contributed by atoms with E-state index < -0.39 is 0 Å². The lowest BCUT2D eigenvalue weighted by Gasteiger charge is -2.27. The van der Waals surface area contributed by atoms with E-state index in [2.05, 4.69) is 48.0 Å². The second kappa shape index (κ2) is 8.51. The maximum atomic E-state index is 5.99. The monoisotopic (exact) mass is 329 g/mol. The number of hydrogen-bond acceptors (Lipinski definition) is 3. The summed E-state index contributed by atoms with van der Waals surface area (Å²) in [5.41, 5.74) is 2.92. The molecule has 1 aromatic carbocycles. The van der Waals surface area contributed by atoms with Gasteiger partial charge in [0.25, 0.3) is 0 Å². The highest BCUT2D eigenvalue weighted by Crippen LogP contribution is 2.30. The molecule has 2 nitrogen and oxygen atoms in total. The fourth-order valence-electron chi connectivity index (χ4n) is 3.26. The van der Waals surface area contributed by atoms with Gasteiger partial charge in [-0.1, -0.05) is 31.5 Å². The minimum Gasteiger partial charge on any atom is -0.493 e. The van der Waals surface area contributed by atoms with Gasteiger partial charge in [0.05, 0.1) is 6.61 Å². The third kappa shape index (κ3) is 4.58. The number of benzene rings is 1.